The smallest absolute Gasteiger partial charge is 0.358 e. The predicted molar refractivity (Wildman–Crippen MR) is 39.9 cm³/mol. The van der Waals surface area contributed by atoms with Crippen LogP contribution in [0.2, 0.25) is 0 Å². The Labute approximate surface area is 70.2 Å². The van der Waals surface area contributed by atoms with Gasteiger partial charge in [0.2, 0.25) is 0 Å². The molecule has 1 aromatic heterocycles. The van der Waals surface area contributed by atoms with Gasteiger partial charge in [-0.2, -0.15) is 0 Å². The third-order valence-electron chi connectivity index (χ3n) is 1.46. The molecule has 1 heterocycles. The molecule has 0 saturated heterocycles. The van der Waals surface area contributed by atoms with E-state index in [4.69, 9.17) is 5.21 Å². The topological polar surface area (TPSA) is 118 Å². The quantitative estimate of drug-likeness (QED) is 0.331. The minimum Gasteiger partial charge on any atom is -0.358 e. The summed E-state index contributed by atoms with van der Waals surface area (Å²) in [6, 6.07) is 0. The van der Waals surface area contributed by atoms with Gasteiger partial charge in [0, 0.05) is 4.73 Å². The number of nitro groups is 1. The van der Waals surface area contributed by atoms with Gasteiger partial charge < -0.3 is 15.3 Å². The molecule has 2 N–H and O–H groups in total. The first-order valence-electron chi connectivity index (χ1n) is 3.14. The number of aromatic nitrogens is 2. The summed E-state index contributed by atoms with van der Waals surface area (Å²) in [5.41, 5.74) is -2.45. The van der Waals surface area contributed by atoms with Gasteiger partial charge in [0.25, 0.3) is 5.56 Å². The molecule has 0 aliphatic heterocycles. The van der Waals surface area contributed by atoms with E-state index in [1.54, 1.807) is 4.98 Å². The second-order valence-corrected chi connectivity index (χ2v) is 2.28. The number of H-pyrrole nitrogens is 1. The Hall–Kier alpha value is -2.12. The minimum atomic E-state index is -1.23. The summed E-state index contributed by atoms with van der Waals surface area (Å²) in [7, 11) is 0. The first kappa shape index (κ1) is 8.97. The van der Waals surface area contributed by atoms with E-state index < -0.39 is 22.0 Å². The van der Waals surface area contributed by atoms with E-state index in [2.05, 4.69) is 0 Å². The Kier molecular flexibility index (Phi) is 1.89. The van der Waals surface area contributed by atoms with Crippen LogP contribution in [-0.4, -0.2) is 19.8 Å². The standard InChI is InChI=1S/C5H5N3O5/c1-2-3(9)6-5(10)7(11)4(2)8(12)13/h11H,1H3,(H,6,9,10). The van der Waals surface area contributed by atoms with E-state index in [0.29, 0.717) is 0 Å². The van der Waals surface area contributed by atoms with Gasteiger partial charge in [0.05, 0.1) is 0 Å². The highest BCUT2D eigenvalue weighted by molar-refractivity contribution is 5.27. The van der Waals surface area contributed by atoms with Crippen LogP contribution in [-0.2, 0) is 0 Å². The van der Waals surface area contributed by atoms with Gasteiger partial charge in [-0.3, -0.25) is 9.78 Å². The molecule has 1 aromatic rings. The van der Waals surface area contributed by atoms with E-state index in [1.807, 2.05) is 0 Å². The van der Waals surface area contributed by atoms with E-state index in [9.17, 15) is 19.7 Å². The Morgan fingerprint density at radius 2 is 2.08 bits per heavy atom. The largest absolute Gasteiger partial charge is 0.455 e. The van der Waals surface area contributed by atoms with Crippen molar-refractivity contribution in [2.45, 2.75) is 6.92 Å². The zero-order valence-electron chi connectivity index (χ0n) is 6.47. The summed E-state index contributed by atoms with van der Waals surface area (Å²) in [6.45, 7) is 1.13. The average Bonchev–Trinajstić information content (AvgIpc) is 2.01. The van der Waals surface area contributed by atoms with Crippen LogP contribution in [0.5, 0.6) is 0 Å². The zero-order valence-corrected chi connectivity index (χ0v) is 6.47. The Morgan fingerprint density at radius 3 is 2.54 bits per heavy atom. The van der Waals surface area contributed by atoms with Gasteiger partial charge >= 0.3 is 11.5 Å². The molecule has 0 radical (unpaired) electrons. The molecule has 8 nitrogen and oxygen atoms in total. The fourth-order valence-corrected chi connectivity index (χ4v) is 0.815. The molecule has 0 aliphatic carbocycles. The molecule has 0 fully saturated rings. The summed E-state index contributed by atoms with van der Waals surface area (Å²) in [5, 5.41) is 19.1. The molecule has 8 heteroatoms. The van der Waals surface area contributed by atoms with Crippen LogP contribution >= 0.6 is 0 Å². The average molecular weight is 187 g/mol. The molecular weight excluding hydrogens is 182 g/mol. The van der Waals surface area contributed by atoms with Gasteiger partial charge in [-0.15, -0.1) is 0 Å². The van der Waals surface area contributed by atoms with E-state index >= 15 is 0 Å². The molecular formula is C5H5N3O5. The summed E-state index contributed by atoms with van der Waals surface area (Å²) in [5.74, 6) is -0.922. The maximum atomic E-state index is 10.8. The second-order valence-electron chi connectivity index (χ2n) is 2.28. The molecule has 0 atom stereocenters. The van der Waals surface area contributed by atoms with Crippen molar-refractivity contribution >= 4 is 5.82 Å². The van der Waals surface area contributed by atoms with Crippen molar-refractivity contribution in [1.29, 1.82) is 0 Å². The highest BCUT2D eigenvalue weighted by Gasteiger charge is 2.21. The molecule has 0 bridgehead atoms. The summed E-state index contributed by atoms with van der Waals surface area (Å²) < 4.78 is -0.212. The van der Waals surface area contributed by atoms with Gasteiger partial charge in [0.15, 0.2) is 0 Å². The minimum absolute atomic E-state index is 0.212. The monoisotopic (exact) mass is 187 g/mol. The maximum Gasteiger partial charge on any atom is 0.455 e. The lowest BCUT2D eigenvalue weighted by Crippen LogP contribution is -2.32. The second kappa shape index (κ2) is 2.73. The first-order valence-corrected chi connectivity index (χ1v) is 3.14. The summed E-state index contributed by atoms with van der Waals surface area (Å²) in [4.78, 5) is 32.5. The molecule has 70 valence electrons. The Balaban J connectivity index is 3.76. The number of hydrogen-bond donors (Lipinski definition) is 2. The van der Waals surface area contributed by atoms with Crippen LogP contribution in [0.4, 0.5) is 5.82 Å². The van der Waals surface area contributed by atoms with Crippen LogP contribution < -0.4 is 11.2 Å². The number of nitrogens with zero attached hydrogens (tertiary/aromatic N) is 2. The number of aromatic amines is 1. The van der Waals surface area contributed by atoms with Crippen LogP contribution in [0.1, 0.15) is 5.56 Å². The third kappa shape index (κ3) is 1.28. The lowest BCUT2D eigenvalue weighted by molar-refractivity contribution is -0.398. The van der Waals surface area contributed by atoms with Gasteiger partial charge in [-0.05, 0) is 11.8 Å². The molecule has 0 amide bonds. The summed E-state index contributed by atoms with van der Waals surface area (Å²) >= 11 is 0. The highest BCUT2D eigenvalue weighted by Crippen LogP contribution is 2.07. The Bertz CT molecular complexity index is 436. The van der Waals surface area contributed by atoms with Crippen molar-refractivity contribution in [3.8, 4) is 0 Å². The number of rotatable bonds is 1. The van der Waals surface area contributed by atoms with Gasteiger partial charge in [0.1, 0.15) is 5.56 Å². The van der Waals surface area contributed by atoms with E-state index in [0.717, 1.165) is 6.92 Å². The fraction of sp³-hybridized carbons (Fsp3) is 0.200. The highest BCUT2D eigenvalue weighted by atomic mass is 16.6. The lowest BCUT2D eigenvalue weighted by Gasteiger charge is -1.98. The molecule has 0 unspecified atom stereocenters. The summed E-state index contributed by atoms with van der Waals surface area (Å²) in [6.07, 6.45) is 0. The third-order valence-corrected chi connectivity index (χ3v) is 1.46. The normalized spacial score (nSPS) is 9.92. The number of hydrogen-bond acceptors (Lipinski definition) is 5. The maximum absolute atomic E-state index is 10.8. The molecule has 0 aliphatic rings. The van der Waals surface area contributed by atoms with E-state index in [1.165, 1.54) is 0 Å². The van der Waals surface area contributed by atoms with Gasteiger partial charge in [-0.1, -0.05) is 0 Å². The SMILES string of the molecule is Cc1c([N+](=O)[O-])n(O)c(=O)[nH]c1=O. The van der Waals surface area contributed by atoms with Crippen molar-refractivity contribution in [3.63, 3.8) is 0 Å². The van der Waals surface area contributed by atoms with Crippen molar-refractivity contribution in [2.75, 3.05) is 0 Å². The van der Waals surface area contributed by atoms with Crippen molar-refractivity contribution < 1.29 is 10.1 Å². The molecule has 0 saturated carbocycles. The Morgan fingerprint density at radius 1 is 1.54 bits per heavy atom. The molecule has 1 rings (SSSR count). The van der Waals surface area contributed by atoms with Gasteiger partial charge in [-0.25, -0.2) is 4.79 Å². The van der Waals surface area contributed by atoms with Crippen LogP contribution in [0, 0.1) is 17.0 Å². The van der Waals surface area contributed by atoms with Crippen molar-refractivity contribution in [2.24, 2.45) is 0 Å². The number of nitrogens with one attached hydrogen (secondary N) is 1. The first-order chi connectivity index (χ1) is 5.95. The fourth-order valence-electron chi connectivity index (χ4n) is 0.815. The van der Waals surface area contributed by atoms with Crippen LogP contribution in [0.3, 0.4) is 0 Å². The van der Waals surface area contributed by atoms with Crippen molar-refractivity contribution in [3.05, 3.63) is 36.5 Å². The van der Waals surface area contributed by atoms with Crippen LogP contribution in [0.15, 0.2) is 9.59 Å². The predicted octanol–water partition coefficient (Wildman–Crippen LogP) is -1.01. The molecule has 13 heavy (non-hydrogen) atoms. The van der Waals surface area contributed by atoms with E-state index in [-0.39, 0.29) is 10.3 Å². The lowest BCUT2D eigenvalue weighted by atomic mass is 10.3. The van der Waals surface area contributed by atoms with Crippen LogP contribution in [0.25, 0.3) is 0 Å². The molecule has 0 spiro atoms. The molecule has 0 aromatic carbocycles. The van der Waals surface area contributed by atoms with Crippen molar-refractivity contribution in [1.82, 2.24) is 9.71 Å². The zero-order chi connectivity index (χ0) is 10.2.